The summed E-state index contributed by atoms with van der Waals surface area (Å²) in [7, 11) is 0. The highest BCUT2D eigenvalue weighted by Crippen LogP contribution is 2.38. The lowest BCUT2D eigenvalue weighted by molar-refractivity contribution is 0.0998. The molecule has 1 aromatic heterocycles. The van der Waals surface area contributed by atoms with E-state index in [-0.39, 0.29) is 0 Å². The van der Waals surface area contributed by atoms with Gasteiger partial charge in [-0.3, -0.25) is 9.48 Å². The van der Waals surface area contributed by atoms with Crippen molar-refractivity contribution in [2.75, 3.05) is 12.5 Å². The quantitative estimate of drug-likeness (QED) is 0.464. The third-order valence-corrected chi connectivity index (χ3v) is 4.72. The van der Waals surface area contributed by atoms with E-state index in [1.807, 2.05) is 22.9 Å². The second-order valence-corrected chi connectivity index (χ2v) is 6.93. The molecule has 0 saturated heterocycles. The zero-order valence-electron chi connectivity index (χ0n) is 14.7. The van der Waals surface area contributed by atoms with Crippen LogP contribution >= 0.6 is 11.6 Å². The van der Waals surface area contributed by atoms with E-state index in [1.165, 1.54) is 0 Å². The van der Waals surface area contributed by atoms with E-state index in [2.05, 4.69) is 5.10 Å². The first-order chi connectivity index (χ1) is 13.2. The second kappa shape index (κ2) is 7.48. The van der Waals surface area contributed by atoms with Crippen LogP contribution in [0.2, 0.25) is 0 Å². The van der Waals surface area contributed by atoms with E-state index < -0.39 is 5.91 Å². The van der Waals surface area contributed by atoms with Gasteiger partial charge in [-0.05, 0) is 49.6 Å². The lowest BCUT2D eigenvalue weighted by atomic mass is 10.1. The molecule has 3 aromatic rings. The Hall–Kier alpha value is -2.73. The van der Waals surface area contributed by atoms with Gasteiger partial charge in [-0.2, -0.15) is 5.10 Å². The Bertz CT molecular complexity index is 965. The molecule has 0 unspecified atom stereocenters. The zero-order chi connectivity index (χ0) is 18.8. The van der Waals surface area contributed by atoms with Crippen LogP contribution < -0.4 is 15.2 Å². The summed E-state index contributed by atoms with van der Waals surface area (Å²) in [5.41, 5.74) is 6.83. The number of aromatic nitrogens is 2. The van der Waals surface area contributed by atoms with Gasteiger partial charge in [0.15, 0.2) is 0 Å². The Morgan fingerprint density at radius 1 is 1.22 bits per heavy atom. The highest BCUT2D eigenvalue weighted by Gasteiger charge is 2.26. The normalized spacial score (nSPS) is 13.7. The van der Waals surface area contributed by atoms with Crippen molar-refractivity contribution in [2.45, 2.75) is 25.3 Å². The van der Waals surface area contributed by atoms with Crippen molar-refractivity contribution in [2.24, 2.45) is 5.73 Å². The second-order valence-electron chi connectivity index (χ2n) is 6.56. The third kappa shape index (κ3) is 3.85. The summed E-state index contributed by atoms with van der Waals surface area (Å²) in [5.74, 6) is 1.79. The van der Waals surface area contributed by atoms with E-state index in [9.17, 15) is 4.79 Å². The molecular formula is C20H20ClN3O3. The summed E-state index contributed by atoms with van der Waals surface area (Å²) in [6, 6.07) is 11.2. The van der Waals surface area contributed by atoms with E-state index in [4.69, 9.17) is 26.8 Å². The Morgan fingerprint density at radius 2 is 1.96 bits per heavy atom. The largest absolute Gasteiger partial charge is 0.494 e. The lowest BCUT2D eigenvalue weighted by Crippen LogP contribution is -2.12. The maximum atomic E-state index is 11.9. The molecule has 4 rings (SSSR count). The molecule has 0 bridgehead atoms. The molecule has 0 radical (unpaired) electrons. The molecule has 1 aliphatic rings. The van der Waals surface area contributed by atoms with Gasteiger partial charge in [0, 0.05) is 17.3 Å². The number of primary amides is 1. The maximum Gasteiger partial charge on any atom is 0.252 e. The van der Waals surface area contributed by atoms with Crippen molar-refractivity contribution in [3.05, 3.63) is 48.2 Å². The number of nitrogens with zero attached hydrogens (tertiary/aromatic N) is 2. The topological polar surface area (TPSA) is 79.4 Å². The van der Waals surface area contributed by atoms with Gasteiger partial charge in [0.05, 0.1) is 29.9 Å². The fourth-order valence-corrected chi connectivity index (χ4v) is 3.05. The molecule has 1 heterocycles. The molecule has 6 nitrogen and oxygen atoms in total. The monoisotopic (exact) mass is 385 g/mol. The summed E-state index contributed by atoms with van der Waals surface area (Å²) in [6.45, 7) is 0.567. The smallest absolute Gasteiger partial charge is 0.252 e. The van der Waals surface area contributed by atoms with Crippen LogP contribution in [-0.2, 0) is 0 Å². The van der Waals surface area contributed by atoms with Crippen molar-refractivity contribution in [1.29, 1.82) is 0 Å². The Labute approximate surface area is 161 Å². The number of rotatable bonds is 8. The third-order valence-electron chi connectivity index (χ3n) is 4.45. The van der Waals surface area contributed by atoms with Gasteiger partial charge in [-0.25, -0.2) is 0 Å². The van der Waals surface area contributed by atoms with E-state index in [0.717, 1.165) is 35.9 Å². The summed E-state index contributed by atoms with van der Waals surface area (Å²) < 4.78 is 13.5. The molecular weight excluding hydrogens is 366 g/mol. The standard InChI is InChI=1S/C20H20ClN3O3/c21-8-1-9-26-15-4-6-16(7-5-15)27-19-11-18-13(10-17(19)20(22)25)12-23-24(18)14-2-3-14/h4-7,10-12,14H,1-3,8-9H2,(H2,22,25). The molecule has 1 fully saturated rings. The molecule has 0 spiro atoms. The van der Waals surface area contributed by atoms with Crippen LogP contribution in [-0.4, -0.2) is 28.2 Å². The van der Waals surface area contributed by atoms with Crippen molar-refractivity contribution in [3.63, 3.8) is 0 Å². The average molecular weight is 386 g/mol. The van der Waals surface area contributed by atoms with Gasteiger partial charge in [-0.1, -0.05) is 0 Å². The average Bonchev–Trinajstić information content (AvgIpc) is 3.42. The number of halogens is 1. The summed E-state index contributed by atoms with van der Waals surface area (Å²) in [6.07, 6.45) is 4.79. The number of carbonyl (C=O) groups is 1. The maximum absolute atomic E-state index is 11.9. The first-order valence-corrected chi connectivity index (χ1v) is 9.47. The van der Waals surface area contributed by atoms with Crippen LogP contribution in [0, 0.1) is 0 Å². The number of alkyl halides is 1. The van der Waals surface area contributed by atoms with Crippen LogP contribution in [0.4, 0.5) is 0 Å². The van der Waals surface area contributed by atoms with Crippen LogP contribution in [0.15, 0.2) is 42.6 Å². The highest BCUT2D eigenvalue weighted by molar-refractivity contribution is 6.17. The fourth-order valence-electron chi connectivity index (χ4n) is 2.94. The number of carbonyl (C=O) groups excluding carboxylic acids is 1. The van der Waals surface area contributed by atoms with Gasteiger partial charge in [0.1, 0.15) is 17.2 Å². The highest BCUT2D eigenvalue weighted by atomic mass is 35.5. The minimum absolute atomic E-state index is 0.334. The number of ether oxygens (including phenoxy) is 2. The number of amides is 1. The van der Waals surface area contributed by atoms with Gasteiger partial charge in [-0.15, -0.1) is 11.6 Å². The Morgan fingerprint density at radius 3 is 2.63 bits per heavy atom. The number of hydrogen-bond acceptors (Lipinski definition) is 4. The van der Waals surface area contributed by atoms with Gasteiger partial charge >= 0.3 is 0 Å². The van der Waals surface area contributed by atoms with E-state index in [1.54, 1.807) is 24.4 Å². The van der Waals surface area contributed by atoms with E-state index >= 15 is 0 Å². The minimum atomic E-state index is -0.535. The lowest BCUT2D eigenvalue weighted by Gasteiger charge is -2.11. The molecule has 0 atom stereocenters. The fraction of sp³-hybridized carbons (Fsp3) is 0.300. The van der Waals surface area contributed by atoms with Crippen LogP contribution in [0.25, 0.3) is 10.9 Å². The Balaban J connectivity index is 1.60. The number of benzene rings is 2. The molecule has 1 saturated carbocycles. The molecule has 0 aliphatic heterocycles. The SMILES string of the molecule is NC(=O)c1cc2cnn(C3CC3)c2cc1Oc1ccc(OCCCCl)cc1. The van der Waals surface area contributed by atoms with Gasteiger partial charge in [0.25, 0.3) is 5.91 Å². The molecule has 2 N–H and O–H groups in total. The van der Waals surface area contributed by atoms with E-state index in [0.29, 0.717) is 35.6 Å². The first kappa shape index (κ1) is 17.7. The van der Waals surface area contributed by atoms with Crippen molar-refractivity contribution < 1.29 is 14.3 Å². The van der Waals surface area contributed by atoms with Crippen molar-refractivity contribution in [1.82, 2.24) is 9.78 Å². The summed E-state index contributed by atoms with van der Waals surface area (Å²) >= 11 is 5.65. The van der Waals surface area contributed by atoms with Crippen LogP contribution in [0.5, 0.6) is 17.2 Å². The van der Waals surface area contributed by atoms with Crippen LogP contribution in [0.3, 0.4) is 0 Å². The first-order valence-electron chi connectivity index (χ1n) is 8.93. The molecule has 1 amide bonds. The summed E-state index contributed by atoms with van der Waals surface area (Å²) in [4.78, 5) is 11.9. The van der Waals surface area contributed by atoms with Crippen molar-refractivity contribution >= 4 is 28.4 Å². The van der Waals surface area contributed by atoms with Crippen LogP contribution in [0.1, 0.15) is 35.7 Å². The minimum Gasteiger partial charge on any atom is -0.494 e. The van der Waals surface area contributed by atoms with Crippen molar-refractivity contribution in [3.8, 4) is 17.2 Å². The zero-order valence-corrected chi connectivity index (χ0v) is 15.5. The number of fused-ring (bicyclic) bond motifs is 1. The predicted octanol–water partition coefficient (Wildman–Crippen LogP) is 4.27. The molecule has 7 heteroatoms. The molecule has 2 aromatic carbocycles. The number of hydrogen-bond donors (Lipinski definition) is 1. The molecule has 140 valence electrons. The van der Waals surface area contributed by atoms with Gasteiger partial charge in [0.2, 0.25) is 0 Å². The summed E-state index contributed by atoms with van der Waals surface area (Å²) in [5, 5.41) is 5.32. The Kier molecular flexibility index (Phi) is 4.90. The molecule has 27 heavy (non-hydrogen) atoms. The number of nitrogens with two attached hydrogens (primary N) is 1. The molecule has 1 aliphatic carbocycles. The predicted molar refractivity (Wildman–Crippen MR) is 104 cm³/mol. The van der Waals surface area contributed by atoms with Gasteiger partial charge < -0.3 is 15.2 Å².